The molecular formula is C29H29FN2O4. The van der Waals surface area contributed by atoms with E-state index in [1.807, 2.05) is 50.2 Å². The molecule has 3 aromatic carbocycles. The minimum Gasteiger partial charge on any atom is -0.507 e. The Balaban J connectivity index is 1.66. The Hall–Kier alpha value is -3.97. The predicted octanol–water partition coefficient (Wildman–Crippen LogP) is 4.70. The number of benzene rings is 3. The van der Waals surface area contributed by atoms with Gasteiger partial charge >= 0.3 is 0 Å². The molecule has 1 unspecified atom stereocenters. The number of aliphatic hydroxyl groups is 1. The molecule has 3 aromatic rings. The number of rotatable bonds is 8. The van der Waals surface area contributed by atoms with Crippen molar-refractivity contribution in [3.63, 3.8) is 0 Å². The Morgan fingerprint density at radius 2 is 1.67 bits per heavy atom. The number of hydrogen-bond acceptors (Lipinski definition) is 5. The van der Waals surface area contributed by atoms with Crippen LogP contribution in [0.4, 0.5) is 4.39 Å². The van der Waals surface area contributed by atoms with Gasteiger partial charge in [-0.15, -0.1) is 0 Å². The molecule has 1 fully saturated rings. The average molecular weight is 489 g/mol. The van der Waals surface area contributed by atoms with E-state index >= 15 is 0 Å². The Labute approximate surface area is 210 Å². The molecule has 6 nitrogen and oxygen atoms in total. The summed E-state index contributed by atoms with van der Waals surface area (Å²) in [7, 11) is 3.69. The van der Waals surface area contributed by atoms with Crippen LogP contribution in [0.2, 0.25) is 0 Å². The number of ether oxygens (including phenoxy) is 1. The summed E-state index contributed by atoms with van der Waals surface area (Å²) in [5.74, 6) is -1.90. The molecule has 1 saturated heterocycles. The number of nitrogens with zero attached hydrogens (tertiary/aromatic N) is 2. The lowest BCUT2D eigenvalue weighted by molar-refractivity contribution is -0.140. The zero-order valence-corrected chi connectivity index (χ0v) is 20.6. The lowest BCUT2D eigenvalue weighted by Gasteiger charge is -2.26. The molecule has 1 amide bonds. The van der Waals surface area contributed by atoms with Crippen LogP contribution in [0.3, 0.4) is 0 Å². The highest BCUT2D eigenvalue weighted by atomic mass is 19.1. The van der Waals surface area contributed by atoms with E-state index in [1.165, 1.54) is 17.0 Å². The maximum absolute atomic E-state index is 14.8. The number of ketones is 1. The van der Waals surface area contributed by atoms with Crippen molar-refractivity contribution in [3.8, 4) is 5.75 Å². The van der Waals surface area contributed by atoms with Crippen LogP contribution >= 0.6 is 0 Å². The van der Waals surface area contributed by atoms with Crippen LogP contribution in [0.15, 0.2) is 78.4 Å². The molecule has 1 aliphatic rings. The van der Waals surface area contributed by atoms with E-state index in [4.69, 9.17) is 4.74 Å². The lowest BCUT2D eigenvalue weighted by atomic mass is 9.95. The molecule has 0 radical (unpaired) electrons. The number of amides is 1. The fourth-order valence-corrected chi connectivity index (χ4v) is 4.24. The lowest BCUT2D eigenvalue weighted by Crippen LogP contribution is -2.35. The van der Waals surface area contributed by atoms with Gasteiger partial charge in [0.1, 0.15) is 23.9 Å². The number of halogens is 1. The number of carbonyl (C=O) groups is 2. The Kier molecular flexibility index (Phi) is 7.50. The maximum atomic E-state index is 14.8. The first-order valence-electron chi connectivity index (χ1n) is 11.7. The smallest absolute Gasteiger partial charge is 0.295 e. The standard InChI is InChI=1S/C29H29FN2O4/c1-19-8-4-5-9-21(19)18-36-22-14-12-20(13-15-22)27(33)25-26(23-10-6-7-11-24(23)30)32(17-16-31(2)3)29(35)28(25)34/h4-15,26,33H,16-18H2,1-3H3. The monoisotopic (exact) mass is 488 g/mol. The van der Waals surface area contributed by atoms with Crippen molar-refractivity contribution in [1.82, 2.24) is 9.80 Å². The highest BCUT2D eigenvalue weighted by molar-refractivity contribution is 6.46. The quantitative estimate of drug-likeness (QED) is 0.283. The van der Waals surface area contributed by atoms with E-state index in [0.717, 1.165) is 11.1 Å². The average Bonchev–Trinajstić information content (AvgIpc) is 3.12. The van der Waals surface area contributed by atoms with Gasteiger partial charge < -0.3 is 19.6 Å². The minimum absolute atomic E-state index is 0.127. The summed E-state index contributed by atoms with van der Waals surface area (Å²) >= 11 is 0. The van der Waals surface area contributed by atoms with Gasteiger partial charge in [-0.1, -0.05) is 42.5 Å². The zero-order chi connectivity index (χ0) is 25.8. The molecule has 0 spiro atoms. The van der Waals surface area contributed by atoms with Gasteiger partial charge in [0.15, 0.2) is 0 Å². The van der Waals surface area contributed by atoms with Crippen molar-refractivity contribution in [2.24, 2.45) is 0 Å². The van der Waals surface area contributed by atoms with Crippen LogP contribution in [0, 0.1) is 12.7 Å². The van der Waals surface area contributed by atoms with E-state index in [2.05, 4.69) is 0 Å². The zero-order valence-electron chi connectivity index (χ0n) is 20.6. The molecule has 1 heterocycles. The van der Waals surface area contributed by atoms with Crippen LogP contribution in [0.1, 0.15) is 28.3 Å². The van der Waals surface area contributed by atoms with Crippen molar-refractivity contribution >= 4 is 17.4 Å². The highest BCUT2D eigenvalue weighted by Gasteiger charge is 2.46. The summed E-state index contributed by atoms with van der Waals surface area (Å²) < 4.78 is 20.7. The van der Waals surface area contributed by atoms with Crippen molar-refractivity contribution < 1.29 is 23.8 Å². The summed E-state index contributed by atoms with van der Waals surface area (Å²) in [6, 6.07) is 19.5. The molecule has 0 bridgehead atoms. The van der Waals surface area contributed by atoms with E-state index in [-0.39, 0.29) is 23.4 Å². The molecule has 36 heavy (non-hydrogen) atoms. The molecule has 7 heteroatoms. The summed E-state index contributed by atoms with van der Waals surface area (Å²) in [5.41, 5.74) is 2.56. The highest BCUT2D eigenvalue weighted by Crippen LogP contribution is 2.40. The van der Waals surface area contributed by atoms with E-state index in [9.17, 15) is 19.1 Å². The molecule has 1 aliphatic heterocycles. The SMILES string of the molecule is Cc1ccccc1COc1ccc(C(O)=C2C(=O)C(=O)N(CCN(C)C)C2c2ccccc2F)cc1. The van der Waals surface area contributed by atoms with E-state index < -0.39 is 23.5 Å². The fraction of sp³-hybridized carbons (Fsp3) is 0.241. The normalized spacial score (nSPS) is 17.1. The largest absolute Gasteiger partial charge is 0.507 e. The van der Waals surface area contributed by atoms with Gasteiger partial charge in [0, 0.05) is 24.2 Å². The second-order valence-corrected chi connectivity index (χ2v) is 9.06. The summed E-state index contributed by atoms with van der Waals surface area (Å²) in [6.07, 6.45) is 0. The molecule has 1 atom stereocenters. The van der Waals surface area contributed by atoms with Gasteiger partial charge in [-0.3, -0.25) is 9.59 Å². The van der Waals surface area contributed by atoms with Crippen LogP contribution in [0.25, 0.3) is 5.76 Å². The van der Waals surface area contributed by atoms with Gasteiger partial charge in [-0.05, 0) is 62.5 Å². The van der Waals surface area contributed by atoms with E-state index in [0.29, 0.717) is 24.5 Å². The van der Waals surface area contributed by atoms with Gasteiger partial charge in [0.2, 0.25) is 0 Å². The topological polar surface area (TPSA) is 70.1 Å². The van der Waals surface area contributed by atoms with Crippen LogP contribution < -0.4 is 4.74 Å². The van der Waals surface area contributed by atoms with Gasteiger partial charge in [-0.25, -0.2) is 4.39 Å². The van der Waals surface area contributed by atoms with E-state index in [1.54, 1.807) is 36.4 Å². The number of carbonyl (C=O) groups excluding carboxylic acids is 2. The molecular weight excluding hydrogens is 459 g/mol. The number of likely N-dealkylation sites (tertiary alicyclic amines) is 1. The Morgan fingerprint density at radius 1 is 1.00 bits per heavy atom. The van der Waals surface area contributed by atoms with Gasteiger partial charge in [0.05, 0.1) is 11.6 Å². The Morgan fingerprint density at radius 3 is 2.33 bits per heavy atom. The summed E-state index contributed by atoms with van der Waals surface area (Å²) in [6.45, 7) is 3.09. The third kappa shape index (κ3) is 5.16. The van der Waals surface area contributed by atoms with Crippen LogP contribution in [-0.2, 0) is 16.2 Å². The van der Waals surface area contributed by atoms with Crippen molar-refractivity contribution in [3.05, 3.63) is 106 Å². The summed E-state index contributed by atoms with van der Waals surface area (Å²) in [5, 5.41) is 11.2. The second-order valence-electron chi connectivity index (χ2n) is 9.06. The number of hydrogen-bond donors (Lipinski definition) is 1. The molecule has 186 valence electrons. The molecule has 1 N–H and O–H groups in total. The van der Waals surface area contributed by atoms with Crippen LogP contribution in [0.5, 0.6) is 5.75 Å². The predicted molar refractivity (Wildman–Crippen MR) is 136 cm³/mol. The number of aliphatic hydroxyl groups excluding tert-OH is 1. The summed E-state index contributed by atoms with van der Waals surface area (Å²) in [4.78, 5) is 29.2. The van der Waals surface area contributed by atoms with Crippen molar-refractivity contribution in [2.45, 2.75) is 19.6 Å². The van der Waals surface area contributed by atoms with Crippen LogP contribution in [-0.4, -0.2) is 53.8 Å². The molecule has 0 aromatic heterocycles. The number of aryl methyl sites for hydroxylation is 1. The maximum Gasteiger partial charge on any atom is 0.295 e. The molecule has 0 saturated carbocycles. The van der Waals surface area contributed by atoms with Gasteiger partial charge in [-0.2, -0.15) is 0 Å². The third-order valence-electron chi connectivity index (χ3n) is 6.31. The molecule has 0 aliphatic carbocycles. The number of Topliss-reactive ketones (excluding diaryl/α,β-unsaturated/α-hetero) is 1. The fourth-order valence-electron chi connectivity index (χ4n) is 4.24. The first-order valence-corrected chi connectivity index (χ1v) is 11.7. The second kappa shape index (κ2) is 10.7. The van der Waals surface area contributed by atoms with Crippen molar-refractivity contribution in [1.29, 1.82) is 0 Å². The minimum atomic E-state index is -1.02. The van der Waals surface area contributed by atoms with Gasteiger partial charge in [0.25, 0.3) is 11.7 Å². The van der Waals surface area contributed by atoms with Crippen molar-refractivity contribution in [2.75, 3.05) is 27.2 Å². The Bertz CT molecular complexity index is 1300. The third-order valence-corrected chi connectivity index (χ3v) is 6.31. The molecule has 4 rings (SSSR count). The number of likely N-dealkylation sites (N-methyl/N-ethyl adjacent to an activating group) is 1. The first kappa shape index (κ1) is 25.1. The first-order chi connectivity index (χ1) is 17.3.